The second-order valence-corrected chi connectivity index (χ2v) is 20.7. The first-order chi connectivity index (χ1) is 38.7. The molecule has 16 rings (SSSR count). The molecule has 1 aliphatic heterocycles. The van der Waals surface area contributed by atoms with Crippen molar-refractivity contribution >= 4 is 72.7 Å². The van der Waals surface area contributed by atoms with Crippen molar-refractivity contribution < 1.29 is 0 Å². The zero-order chi connectivity index (χ0) is 51.3. The van der Waals surface area contributed by atoms with Gasteiger partial charge >= 0.3 is 0 Å². The molecule has 0 unspecified atom stereocenters. The van der Waals surface area contributed by atoms with Gasteiger partial charge in [0.15, 0.2) is 0 Å². The van der Waals surface area contributed by atoms with E-state index in [-0.39, 0.29) is 0 Å². The molecule has 1 heterocycles. The van der Waals surface area contributed by atoms with Gasteiger partial charge in [0.25, 0.3) is 0 Å². The normalized spacial score (nSPS) is 12.9. The molecule has 1 spiro atoms. The van der Waals surface area contributed by atoms with Crippen LogP contribution in [0.4, 0.5) is 51.2 Å². The van der Waals surface area contributed by atoms with Gasteiger partial charge in [-0.25, -0.2) is 0 Å². The highest BCUT2D eigenvalue weighted by molar-refractivity contribution is 6.21. The maximum absolute atomic E-state index is 2.48. The Morgan fingerprint density at radius 2 is 0.718 bits per heavy atom. The topological polar surface area (TPSA) is 9.72 Å². The monoisotopic (exact) mass is 991 g/mol. The van der Waals surface area contributed by atoms with Crippen LogP contribution in [0.3, 0.4) is 0 Å². The van der Waals surface area contributed by atoms with Gasteiger partial charge in [0.2, 0.25) is 0 Å². The minimum Gasteiger partial charge on any atom is -0.311 e. The Bertz CT molecular complexity index is 4390. The zero-order valence-corrected chi connectivity index (χ0v) is 42.6. The molecule has 13 aromatic rings. The molecule has 2 aliphatic carbocycles. The summed E-state index contributed by atoms with van der Waals surface area (Å²) >= 11 is 0. The van der Waals surface area contributed by atoms with Crippen LogP contribution in [0.2, 0.25) is 0 Å². The maximum atomic E-state index is 2.48. The van der Waals surface area contributed by atoms with Gasteiger partial charge < -0.3 is 14.7 Å². The van der Waals surface area contributed by atoms with Crippen LogP contribution < -0.4 is 14.7 Å². The van der Waals surface area contributed by atoms with Gasteiger partial charge in [-0.05, 0) is 174 Å². The number of nitrogens with zero attached hydrogens (tertiary/aromatic N) is 3. The fourth-order valence-electron chi connectivity index (χ4n) is 13.6. The van der Waals surface area contributed by atoms with Crippen molar-refractivity contribution in [3.05, 3.63) is 320 Å². The van der Waals surface area contributed by atoms with E-state index in [1.165, 1.54) is 99.7 Å². The van der Waals surface area contributed by atoms with E-state index in [1.807, 2.05) is 0 Å². The molecule has 0 aromatic heterocycles. The minimum absolute atomic E-state index is 0.437. The summed E-state index contributed by atoms with van der Waals surface area (Å²) in [6.07, 6.45) is 0. The summed E-state index contributed by atoms with van der Waals surface area (Å²) in [6.45, 7) is 0. The molecule has 78 heavy (non-hydrogen) atoms. The van der Waals surface area contributed by atoms with Crippen LogP contribution in [0.15, 0.2) is 297 Å². The number of benzene rings is 13. The number of hydrogen-bond donors (Lipinski definition) is 0. The van der Waals surface area contributed by atoms with Crippen LogP contribution in [0.25, 0.3) is 66.1 Å². The predicted octanol–water partition coefficient (Wildman–Crippen LogP) is 20.4. The molecule has 3 heteroatoms. The van der Waals surface area contributed by atoms with Crippen molar-refractivity contribution in [1.29, 1.82) is 0 Å². The molecule has 0 saturated heterocycles. The molecular formula is C75H49N3. The molecule has 0 amide bonds. The van der Waals surface area contributed by atoms with Crippen molar-refractivity contribution in [2.24, 2.45) is 0 Å². The fourth-order valence-corrected chi connectivity index (χ4v) is 13.6. The Kier molecular flexibility index (Phi) is 9.85. The first-order valence-corrected chi connectivity index (χ1v) is 27.0. The maximum Gasteiger partial charge on any atom is 0.0726 e. The number of fused-ring (bicyclic) bond motifs is 14. The Balaban J connectivity index is 0.825. The summed E-state index contributed by atoms with van der Waals surface area (Å²) in [4.78, 5) is 7.22. The third kappa shape index (κ3) is 6.46. The molecule has 0 saturated carbocycles. The molecule has 0 atom stereocenters. The number of anilines is 9. The van der Waals surface area contributed by atoms with Crippen LogP contribution in [0.1, 0.15) is 22.3 Å². The molecule has 3 nitrogen and oxygen atoms in total. The van der Waals surface area contributed by atoms with Gasteiger partial charge in [-0.3, -0.25) is 0 Å². The van der Waals surface area contributed by atoms with Crippen LogP contribution in [0.5, 0.6) is 0 Å². The van der Waals surface area contributed by atoms with Gasteiger partial charge in [-0.1, -0.05) is 200 Å². The number of rotatable bonds is 8. The van der Waals surface area contributed by atoms with Gasteiger partial charge in [0.05, 0.1) is 16.8 Å². The third-order valence-electron chi connectivity index (χ3n) is 16.8. The summed E-state index contributed by atoms with van der Waals surface area (Å²) in [7, 11) is 0. The largest absolute Gasteiger partial charge is 0.311 e. The quantitative estimate of drug-likeness (QED) is 0.150. The van der Waals surface area contributed by atoms with Crippen molar-refractivity contribution in [1.82, 2.24) is 0 Å². The van der Waals surface area contributed by atoms with Gasteiger partial charge in [0, 0.05) is 50.8 Å². The standard InChI is InChI=1S/C75H49N3/c1-4-20-52(21-5-1)76(53-22-6-2-7-23-53)56-40-42-57(43-41-56)78-71-34-18-30-65-59(46-47-66(74(65)71)73-60-26-11-10-19-50(60)37-48-72(73)78)51-35-38-55(39-36-51)77(54-24-8-3-9-25-54)58-44-45-64-63-29-14-17-33-69(63)75(70(64)49-58)67-31-15-12-27-61(67)62-28-13-16-32-68(62)75/h1-49H. The van der Waals surface area contributed by atoms with E-state index in [0.717, 1.165) is 39.8 Å². The molecular weight excluding hydrogens is 943 g/mol. The van der Waals surface area contributed by atoms with E-state index < -0.39 is 5.41 Å². The highest BCUT2D eigenvalue weighted by atomic mass is 15.2. The average molecular weight is 992 g/mol. The van der Waals surface area contributed by atoms with E-state index in [4.69, 9.17) is 0 Å². The molecule has 3 aliphatic rings. The molecule has 13 aromatic carbocycles. The van der Waals surface area contributed by atoms with E-state index >= 15 is 0 Å². The lowest BCUT2D eigenvalue weighted by Crippen LogP contribution is -2.26. The summed E-state index contributed by atoms with van der Waals surface area (Å²) in [6, 6.07) is 110. The van der Waals surface area contributed by atoms with Gasteiger partial charge in [-0.2, -0.15) is 0 Å². The Labute approximate surface area is 454 Å². The molecule has 364 valence electrons. The Hall–Kier alpha value is -10.2. The molecule has 0 bridgehead atoms. The van der Waals surface area contributed by atoms with E-state index in [9.17, 15) is 0 Å². The smallest absolute Gasteiger partial charge is 0.0726 e. The lowest BCUT2D eigenvalue weighted by molar-refractivity contribution is 0.793. The second-order valence-electron chi connectivity index (χ2n) is 20.7. The lowest BCUT2D eigenvalue weighted by atomic mass is 9.70. The van der Waals surface area contributed by atoms with E-state index in [1.54, 1.807) is 0 Å². The molecule has 0 radical (unpaired) electrons. The molecule has 0 fully saturated rings. The first-order valence-electron chi connectivity index (χ1n) is 27.0. The van der Waals surface area contributed by atoms with E-state index in [2.05, 4.69) is 312 Å². The van der Waals surface area contributed by atoms with E-state index in [0.29, 0.717) is 0 Å². The SMILES string of the molecule is c1ccc(N(c2ccccc2)c2ccc(N3c4ccc5ccccc5c4-c4ccc(-c5ccc(N(c6ccccc6)c6ccc7c(c6)C6(c8ccccc8-c8ccccc86)c6ccccc6-7)cc5)c5cccc3c45)cc2)cc1. The second kappa shape index (κ2) is 17.4. The minimum atomic E-state index is -0.437. The Morgan fingerprint density at radius 1 is 0.269 bits per heavy atom. The third-order valence-corrected chi connectivity index (χ3v) is 16.8. The summed E-state index contributed by atoms with van der Waals surface area (Å²) in [5.74, 6) is 0. The lowest BCUT2D eigenvalue weighted by Gasteiger charge is -2.35. The van der Waals surface area contributed by atoms with Crippen molar-refractivity contribution in [2.45, 2.75) is 5.41 Å². The number of hydrogen-bond acceptors (Lipinski definition) is 3. The van der Waals surface area contributed by atoms with Gasteiger partial charge in [0.1, 0.15) is 0 Å². The predicted molar refractivity (Wildman–Crippen MR) is 326 cm³/mol. The van der Waals surface area contributed by atoms with Crippen molar-refractivity contribution in [3.63, 3.8) is 0 Å². The van der Waals surface area contributed by atoms with Gasteiger partial charge in [-0.15, -0.1) is 0 Å². The van der Waals surface area contributed by atoms with Crippen molar-refractivity contribution in [2.75, 3.05) is 14.7 Å². The highest BCUT2D eigenvalue weighted by Gasteiger charge is 2.51. The summed E-state index contributed by atoms with van der Waals surface area (Å²) in [5.41, 5.74) is 25.1. The van der Waals surface area contributed by atoms with Crippen LogP contribution in [0, 0.1) is 0 Å². The summed E-state index contributed by atoms with van der Waals surface area (Å²) in [5, 5.41) is 4.94. The first kappa shape index (κ1) is 44.1. The van der Waals surface area contributed by atoms with Crippen molar-refractivity contribution in [3.8, 4) is 44.5 Å². The highest BCUT2D eigenvalue weighted by Crippen LogP contribution is 2.63. The van der Waals surface area contributed by atoms with Crippen LogP contribution in [-0.2, 0) is 5.41 Å². The zero-order valence-electron chi connectivity index (χ0n) is 42.6. The molecule has 0 N–H and O–H groups in total. The average Bonchev–Trinajstić information content (AvgIpc) is 3.78. The number of para-hydroxylation sites is 3. The fraction of sp³-hybridized carbons (Fsp3) is 0.0133. The summed E-state index contributed by atoms with van der Waals surface area (Å²) < 4.78 is 0. The van der Waals surface area contributed by atoms with Crippen LogP contribution >= 0.6 is 0 Å². The van der Waals surface area contributed by atoms with Crippen LogP contribution in [-0.4, -0.2) is 0 Å². The Morgan fingerprint density at radius 3 is 1.32 bits per heavy atom.